The monoisotopic (exact) mass is 475 g/mol. The van der Waals surface area contributed by atoms with Crippen molar-refractivity contribution in [3.63, 3.8) is 0 Å². The number of rotatable bonds is 6. The van der Waals surface area contributed by atoms with E-state index in [4.69, 9.17) is 0 Å². The third kappa shape index (κ3) is 4.16. The van der Waals surface area contributed by atoms with Crippen LogP contribution >= 0.6 is 0 Å². The summed E-state index contributed by atoms with van der Waals surface area (Å²) in [5.41, 5.74) is -2.08. The molecule has 1 aromatic carbocycles. The lowest BCUT2D eigenvalue weighted by Crippen LogP contribution is -2.60. The van der Waals surface area contributed by atoms with Crippen molar-refractivity contribution in [2.45, 2.75) is 57.8 Å². The Bertz CT molecular complexity index is 1240. The predicted molar refractivity (Wildman–Crippen MR) is 124 cm³/mol. The molecular formula is C24H28F3N5O2. The van der Waals surface area contributed by atoms with Crippen molar-refractivity contribution in [3.05, 3.63) is 53.1 Å². The molecule has 0 amide bonds. The number of aromatic nitrogens is 3. The fourth-order valence-corrected chi connectivity index (χ4v) is 4.13. The molecule has 1 aliphatic heterocycles. The molecule has 0 aliphatic carbocycles. The number of fused-ring (bicyclic) bond motifs is 1. The van der Waals surface area contributed by atoms with Crippen LogP contribution in [0.3, 0.4) is 0 Å². The number of hydrogen-bond acceptors (Lipinski definition) is 7. The highest BCUT2D eigenvalue weighted by molar-refractivity contribution is 5.92. The molecule has 1 aliphatic rings. The Morgan fingerprint density at radius 3 is 2.50 bits per heavy atom. The first kappa shape index (κ1) is 24.2. The summed E-state index contributed by atoms with van der Waals surface area (Å²) in [5.74, 6) is -4.56. The molecular weight excluding hydrogens is 447 g/mol. The lowest BCUT2D eigenvalue weighted by atomic mass is 9.91. The summed E-state index contributed by atoms with van der Waals surface area (Å²) >= 11 is 0. The zero-order valence-corrected chi connectivity index (χ0v) is 19.7. The third-order valence-electron chi connectivity index (χ3n) is 6.15. The standard InChI is InChI=1S/C24H28F3N5O2/c1-13(16-7-6-8-18(19(16)25)24(26,27)22(3,4)33)29-21-17-9-15(32-11-23(5,34)12-32)10-28-20(17)14(2)30-31-21/h6-10,13,33-34H,11-12H2,1-5H3,(H,29,31)/t13-/m1/s1. The fraction of sp³-hybridized carbons (Fsp3) is 0.458. The minimum absolute atomic E-state index is 0.000135. The molecule has 7 nitrogen and oxygen atoms in total. The zero-order valence-electron chi connectivity index (χ0n) is 19.7. The largest absolute Gasteiger partial charge is 0.386 e. The van der Waals surface area contributed by atoms with Gasteiger partial charge in [-0.15, -0.1) is 5.10 Å². The Labute approximate surface area is 195 Å². The molecule has 1 atom stereocenters. The number of halogens is 3. The summed E-state index contributed by atoms with van der Waals surface area (Å²) in [6, 6.07) is 4.84. The van der Waals surface area contributed by atoms with E-state index in [-0.39, 0.29) is 5.56 Å². The van der Waals surface area contributed by atoms with Gasteiger partial charge < -0.3 is 20.4 Å². The molecule has 34 heavy (non-hydrogen) atoms. The summed E-state index contributed by atoms with van der Waals surface area (Å²) in [6.07, 6.45) is 1.70. The molecule has 1 saturated heterocycles. The number of aliphatic hydroxyl groups is 2. The topological polar surface area (TPSA) is 94.4 Å². The molecule has 1 fully saturated rings. The SMILES string of the molecule is Cc1nnc(N[C@H](C)c2cccc(C(F)(F)C(C)(C)O)c2F)c2cc(N3CC(C)(O)C3)cnc12. The van der Waals surface area contributed by atoms with Crippen LogP contribution in [0.2, 0.25) is 0 Å². The van der Waals surface area contributed by atoms with Crippen LogP contribution in [-0.2, 0) is 5.92 Å². The van der Waals surface area contributed by atoms with Crippen molar-refractivity contribution in [1.82, 2.24) is 15.2 Å². The lowest BCUT2D eigenvalue weighted by Gasteiger charge is -2.45. The summed E-state index contributed by atoms with van der Waals surface area (Å²) < 4.78 is 44.6. The summed E-state index contributed by atoms with van der Waals surface area (Å²) in [6.45, 7) is 7.96. The van der Waals surface area contributed by atoms with E-state index in [9.17, 15) is 19.0 Å². The Hall–Kier alpha value is -2.98. The maximum Gasteiger partial charge on any atom is 0.303 e. The second-order valence-corrected chi connectivity index (χ2v) is 9.78. The number of β-amino-alcohol motifs (C(OH)–C–C–N with tert-alkyl or cyclic N) is 1. The van der Waals surface area contributed by atoms with E-state index in [1.165, 1.54) is 12.1 Å². The second-order valence-electron chi connectivity index (χ2n) is 9.78. The van der Waals surface area contributed by atoms with Gasteiger partial charge >= 0.3 is 5.92 Å². The van der Waals surface area contributed by atoms with Gasteiger partial charge in [0.1, 0.15) is 11.4 Å². The van der Waals surface area contributed by atoms with Crippen molar-refractivity contribution in [2.75, 3.05) is 23.3 Å². The van der Waals surface area contributed by atoms with E-state index in [0.29, 0.717) is 35.5 Å². The first-order valence-corrected chi connectivity index (χ1v) is 11.0. The predicted octanol–water partition coefficient (Wildman–Crippen LogP) is 4.08. The summed E-state index contributed by atoms with van der Waals surface area (Å²) in [7, 11) is 0. The molecule has 0 spiro atoms. The summed E-state index contributed by atoms with van der Waals surface area (Å²) in [5, 5.41) is 32.0. The maximum atomic E-state index is 15.2. The highest BCUT2D eigenvalue weighted by Crippen LogP contribution is 2.41. The van der Waals surface area contributed by atoms with Gasteiger partial charge in [-0.25, -0.2) is 4.39 Å². The second kappa shape index (κ2) is 8.06. The molecule has 3 heterocycles. The van der Waals surface area contributed by atoms with Gasteiger partial charge in [0.25, 0.3) is 0 Å². The van der Waals surface area contributed by atoms with Crippen LogP contribution < -0.4 is 10.2 Å². The molecule has 0 bridgehead atoms. The number of pyridine rings is 1. The van der Waals surface area contributed by atoms with Crippen molar-refractivity contribution in [2.24, 2.45) is 0 Å². The van der Waals surface area contributed by atoms with E-state index in [0.717, 1.165) is 25.6 Å². The van der Waals surface area contributed by atoms with Gasteiger partial charge in [0, 0.05) is 24.0 Å². The average Bonchev–Trinajstić information content (AvgIpc) is 2.73. The highest BCUT2D eigenvalue weighted by atomic mass is 19.3. The first-order valence-electron chi connectivity index (χ1n) is 11.0. The number of nitrogens with one attached hydrogen (secondary N) is 1. The van der Waals surface area contributed by atoms with Crippen LogP contribution in [0, 0.1) is 12.7 Å². The molecule has 0 radical (unpaired) electrons. The highest BCUT2D eigenvalue weighted by Gasteiger charge is 2.49. The first-order chi connectivity index (χ1) is 15.7. The van der Waals surface area contributed by atoms with Gasteiger partial charge in [0.2, 0.25) is 0 Å². The van der Waals surface area contributed by atoms with Crippen molar-refractivity contribution in [1.29, 1.82) is 0 Å². The van der Waals surface area contributed by atoms with E-state index in [1.54, 1.807) is 27.0 Å². The summed E-state index contributed by atoms with van der Waals surface area (Å²) in [4.78, 5) is 6.47. The average molecular weight is 476 g/mol. The van der Waals surface area contributed by atoms with Crippen LogP contribution in [0.4, 0.5) is 24.7 Å². The van der Waals surface area contributed by atoms with Crippen LogP contribution in [-0.4, -0.2) is 49.7 Å². The van der Waals surface area contributed by atoms with E-state index >= 15 is 4.39 Å². The Morgan fingerprint density at radius 2 is 1.88 bits per heavy atom. The minimum atomic E-state index is -3.79. The van der Waals surface area contributed by atoms with Gasteiger partial charge in [-0.2, -0.15) is 13.9 Å². The Kier molecular flexibility index (Phi) is 5.72. The van der Waals surface area contributed by atoms with Crippen molar-refractivity contribution >= 4 is 22.4 Å². The number of alkyl halides is 2. The number of hydrogen-bond donors (Lipinski definition) is 3. The van der Waals surface area contributed by atoms with Gasteiger partial charge in [-0.05, 0) is 46.8 Å². The van der Waals surface area contributed by atoms with Crippen molar-refractivity contribution < 1.29 is 23.4 Å². The quantitative estimate of drug-likeness (QED) is 0.495. The Balaban J connectivity index is 1.69. The molecule has 2 aromatic heterocycles. The van der Waals surface area contributed by atoms with Crippen LogP contribution in [0.5, 0.6) is 0 Å². The number of anilines is 2. The Morgan fingerprint density at radius 1 is 1.21 bits per heavy atom. The van der Waals surface area contributed by atoms with Crippen molar-refractivity contribution in [3.8, 4) is 0 Å². The number of benzene rings is 1. The van der Waals surface area contributed by atoms with E-state index < -0.39 is 34.5 Å². The number of nitrogens with zero attached hydrogens (tertiary/aromatic N) is 4. The molecule has 0 saturated carbocycles. The van der Waals surface area contributed by atoms with Gasteiger partial charge in [0.15, 0.2) is 5.82 Å². The van der Waals surface area contributed by atoms with Gasteiger partial charge in [-0.3, -0.25) is 4.98 Å². The van der Waals surface area contributed by atoms with Gasteiger partial charge in [-0.1, -0.05) is 12.1 Å². The molecule has 182 valence electrons. The normalized spacial score (nSPS) is 16.9. The molecule has 3 aromatic rings. The smallest absolute Gasteiger partial charge is 0.303 e. The zero-order chi connectivity index (χ0) is 25.1. The maximum absolute atomic E-state index is 15.2. The van der Waals surface area contributed by atoms with E-state index in [2.05, 4.69) is 20.5 Å². The van der Waals surface area contributed by atoms with E-state index in [1.807, 2.05) is 11.0 Å². The van der Waals surface area contributed by atoms with Crippen LogP contribution in [0.25, 0.3) is 10.9 Å². The molecule has 4 rings (SSSR count). The lowest BCUT2D eigenvalue weighted by molar-refractivity contribution is -0.170. The molecule has 10 heteroatoms. The van der Waals surface area contributed by atoms with Gasteiger partial charge in [0.05, 0.1) is 40.3 Å². The van der Waals surface area contributed by atoms with Crippen LogP contribution in [0.15, 0.2) is 30.5 Å². The molecule has 3 N–H and O–H groups in total. The minimum Gasteiger partial charge on any atom is -0.386 e. The van der Waals surface area contributed by atoms with Crippen LogP contribution in [0.1, 0.15) is 50.6 Å². The molecule has 0 unspecified atom stereocenters. The fourth-order valence-electron chi connectivity index (χ4n) is 4.13. The number of aryl methyl sites for hydroxylation is 1. The third-order valence-corrected chi connectivity index (χ3v) is 6.15.